The largest absolute Gasteiger partial charge is 0.343 e. The molecule has 1 N–H and O–H groups in total. The van der Waals surface area contributed by atoms with Crippen molar-refractivity contribution in [1.29, 1.82) is 0 Å². The van der Waals surface area contributed by atoms with Crippen LogP contribution >= 0.6 is 23.8 Å². The maximum atomic E-state index is 13.9. The molecule has 0 amide bonds. The van der Waals surface area contributed by atoms with Crippen molar-refractivity contribution in [2.24, 2.45) is 0 Å². The third-order valence-electron chi connectivity index (χ3n) is 2.74. The second kappa shape index (κ2) is 5.16. The van der Waals surface area contributed by atoms with Crippen LogP contribution in [0.1, 0.15) is 18.3 Å². The molecule has 0 bridgehead atoms. The van der Waals surface area contributed by atoms with Gasteiger partial charge < -0.3 is 4.98 Å². The number of aromatic nitrogens is 2. The summed E-state index contributed by atoms with van der Waals surface area (Å²) in [4.78, 5) is 7.35. The topological polar surface area (TPSA) is 28.7 Å². The molecule has 0 unspecified atom stereocenters. The van der Waals surface area contributed by atoms with Crippen molar-refractivity contribution in [3.05, 3.63) is 45.1 Å². The molecule has 0 spiro atoms. The predicted molar refractivity (Wildman–Crippen MR) is 73.9 cm³/mol. The molecule has 1 aromatic heterocycles. The molecule has 1 heterocycles. The van der Waals surface area contributed by atoms with Gasteiger partial charge in [0, 0.05) is 22.6 Å². The van der Waals surface area contributed by atoms with Gasteiger partial charge in [-0.1, -0.05) is 30.7 Å². The molecule has 0 aliphatic rings. The van der Waals surface area contributed by atoms with Gasteiger partial charge in [0.05, 0.1) is 5.69 Å². The zero-order valence-corrected chi connectivity index (χ0v) is 11.6. The van der Waals surface area contributed by atoms with Crippen LogP contribution in [0.3, 0.4) is 0 Å². The van der Waals surface area contributed by atoms with Crippen molar-refractivity contribution in [2.75, 3.05) is 0 Å². The van der Waals surface area contributed by atoms with Gasteiger partial charge in [-0.2, -0.15) is 0 Å². The van der Waals surface area contributed by atoms with Crippen molar-refractivity contribution in [2.45, 2.75) is 20.3 Å². The van der Waals surface area contributed by atoms with Crippen LogP contribution in [0.15, 0.2) is 18.2 Å². The number of nitrogens with zero attached hydrogens (tertiary/aromatic N) is 1. The third kappa shape index (κ3) is 2.44. The SMILES string of the molecule is CCc1nc(=S)c(C)c(-c2ccc(Cl)cc2F)[nH]1. The molecule has 0 aliphatic heterocycles. The van der Waals surface area contributed by atoms with E-state index in [-0.39, 0.29) is 5.82 Å². The summed E-state index contributed by atoms with van der Waals surface area (Å²) in [5, 5.41) is 0.372. The smallest absolute Gasteiger partial charge is 0.134 e. The van der Waals surface area contributed by atoms with Crippen LogP contribution in [0.25, 0.3) is 11.3 Å². The summed E-state index contributed by atoms with van der Waals surface area (Å²) in [7, 11) is 0. The monoisotopic (exact) mass is 282 g/mol. The zero-order valence-electron chi connectivity index (χ0n) is 10.1. The van der Waals surface area contributed by atoms with Crippen molar-refractivity contribution < 1.29 is 4.39 Å². The molecule has 0 saturated carbocycles. The lowest BCUT2D eigenvalue weighted by atomic mass is 10.1. The molecule has 0 radical (unpaired) electrons. The number of aryl methyl sites for hydroxylation is 1. The van der Waals surface area contributed by atoms with Crippen molar-refractivity contribution in [3.63, 3.8) is 0 Å². The van der Waals surface area contributed by atoms with Gasteiger partial charge in [0.1, 0.15) is 16.3 Å². The molecule has 0 atom stereocenters. The van der Waals surface area contributed by atoms with Crippen LogP contribution in [0.4, 0.5) is 4.39 Å². The summed E-state index contributed by atoms with van der Waals surface area (Å²) in [5.74, 6) is 0.374. The van der Waals surface area contributed by atoms with E-state index < -0.39 is 0 Å². The van der Waals surface area contributed by atoms with E-state index in [4.69, 9.17) is 23.8 Å². The molecule has 2 nitrogen and oxygen atoms in total. The maximum absolute atomic E-state index is 13.9. The maximum Gasteiger partial charge on any atom is 0.134 e. The fourth-order valence-electron chi connectivity index (χ4n) is 1.71. The Kier molecular flexibility index (Phi) is 3.78. The highest BCUT2D eigenvalue weighted by atomic mass is 35.5. The highest BCUT2D eigenvalue weighted by molar-refractivity contribution is 7.71. The first-order chi connectivity index (χ1) is 8.52. The van der Waals surface area contributed by atoms with E-state index >= 15 is 0 Å². The van der Waals surface area contributed by atoms with Crippen LogP contribution in [0.2, 0.25) is 5.02 Å². The first-order valence-electron chi connectivity index (χ1n) is 5.58. The van der Waals surface area contributed by atoms with Gasteiger partial charge in [-0.15, -0.1) is 0 Å². The van der Waals surface area contributed by atoms with E-state index in [1.54, 1.807) is 12.1 Å². The molecule has 5 heteroatoms. The minimum absolute atomic E-state index is 0.371. The summed E-state index contributed by atoms with van der Waals surface area (Å²) >= 11 is 10.9. The van der Waals surface area contributed by atoms with Gasteiger partial charge in [0.2, 0.25) is 0 Å². The molecule has 1 aromatic carbocycles. The number of nitrogens with one attached hydrogen (secondary N) is 1. The van der Waals surface area contributed by atoms with E-state index in [1.807, 2.05) is 13.8 Å². The predicted octanol–water partition coefficient (Wildman–Crippen LogP) is 4.47. The van der Waals surface area contributed by atoms with Gasteiger partial charge in [-0.3, -0.25) is 0 Å². The van der Waals surface area contributed by atoms with Crippen LogP contribution in [0, 0.1) is 17.4 Å². The lowest BCUT2D eigenvalue weighted by Crippen LogP contribution is -2.00. The molecule has 0 fully saturated rings. The van der Waals surface area contributed by atoms with Crippen LogP contribution in [0.5, 0.6) is 0 Å². The molecular formula is C13H12ClFN2S. The van der Waals surface area contributed by atoms with Crippen LogP contribution in [-0.2, 0) is 6.42 Å². The molecule has 0 saturated heterocycles. The summed E-state index contributed by atoms with van der Waals surface area (Å²) in [6.45, 7) is 3.79. The van der Waals surface area contributed by atoms with Crippen molar-refractivity contribution >= 4 is 23.8 Å². The van der Waals surface area contributed by atoms with E-state index in [9.17, 15) is 4.39 Å². The van der Waals surface area contributed by atoms with Gasteiger partial charge in [0.15, 0.2) is 0 Å². The minimum Gasteiger partial charge on any atom is -0.343 e. The van der Waals surface area contributed by atoms with Gasteiger partial charge in [-0.25, -0.2) is 9.37 Å². The molecule has 2 aromatic rings. The second-order valence-corrected chi connectivity index (χ2v) is 4.79. The van der Waals surface area contributed by atoms with E-state index in [0.29, 0.717) is 27.3 Å². The fraction of sp³-hybridized carbons (Fsp3) is 0.231. The van der Waals surface area contributed by atoms with Crippen molar-refractivity contribution in [3.8, 4) is 11.3 Å². The lowest BCUT2D eigenvalue weighted by Gasteiger charge is -2.10. The Morgan fingerprint density at radius 2 is 2.17 bits per heavy atom. The molecule has 94 valence electrons. The number of H-pyrrole nitrogens is 1. The average molecular weight is 283 g/mol. The Bertz CT molecular complexity index is 652. The first kappa shape index (κ1) is 13.2. The minimum atomic E-state index is -0.371. The highest BCUT2D eigenvalue weighted by Gasteiger charge is 2.11. The summed E-state index contributed by atoms with van der Waals surface area (Å²) in [6, 6.07) is 4.59. The van der Waals surface area contributed by atoms with E-state index in [0.717, 1.165) is 11.4 Å². The lowest BCUT2D eigenvalue weighted by molar-refractivity contribution is 0.630. The number of rotatable bonds is 2. The molecular weight excluding hydrogens is 271 g/mol. The highest BCUT2D eigenvalue weighted by Crippen LogP contribution is 2.26. The fourth-order valence-corrected chi connectivity index (χ4v) is 2.08. The Balaban J connectivity index is 2.70. The number of benzene rings is 1. The molecule has 18 heavy (non-hydrogen) atoms. The summed E-state index contributed by atoms with van der Waals surface area (Å²) in [6.07, 6.45) is 0.714. The Hall–Kier alpha value is -1.26. The zero-order chi connectivity index (χ0) is 13.3. The Morgan fingerprint density at radius 1 is 1.44 bits per heavy atom. The Morgan fingerprint density at radius 3 is 2.78 bits per heavy atom. The normalized spacial score (nSPS) is 10.7. The van der Waals surface area contributed by atoms with Gasteiger partial charge >= 0.3 is 0 Å². The second-order valence-electron chi connectivity index (χ2n) is 3.97. The van der Waals surface area contributed by atoms with Crippen LogP contribution < -0.4 is 0 Å². The van der Waals surface area contributed by atoms with Crippen molar-refractivity contribution in [1.82, 2.24) is 9.97 Å². The number of aromatic amines is 1. The Labute approximate surface area is 115 Å². The average Bonchev–Trinajstić information content (AvgIpc) is 2.33. The standard InChI is InChI=1S/C13H12ClFN2S/c1-3-11-16-12(7(2)13(18)17-11)9-5-4-8(14)6-10(9)15/h4-6H,3H2,1-2H3,(H,16,17,18). The summed E-state index contributed by atoms with van der Waals surface area (Å²) in [5.41, 5.74) is 1.89. The van der Waals surface area contributed by atoms with E-state index in [1.165, 1.54) is 6.07 Å². The van der Waals surface area contributed by atoms with Gasteiger partial charge in [0.25, 0.3) is 0 Å². The molecule has 2 rings (SSSR count). The number of hydrogen-bond acceptors (Lipinski definition) is 2. The van der Waals surface area contributed by atoms with Gasteiger partial charge in [-0.05, 0) is 25.1 Å². The summed E-state index contributed by atoms with van der Waals surface area (Å²) < 4.78 is 14.4. The quantitative estimate of drug-likeness (QED) is 0.823. The number of halogens is 2. The third-order valence-corrected chi connectivity index (χ3v) is 3.37. The number of hydrogen-bond donors (Lipinski definition) is 1. The first-order valence-corrected chi connectivity index (χ1v) is 6.36. The molecule has 0 aliphatic carbocycles. The van der Waals surface area contributed by atoms with E-state index in [2.05, 4.69) is 9.97 Å². The van der Waals surface area contributed by atoms with Crippen LogP contribution in [-0.4, -0.2) is 9.97 Å².